The van der Waals surface area contributed by atoms with Crippen LogP contribution in [-0.2, 0) is 4.79 Å². The van der Waals surface area contributed by atoms with Crippen LogP contribution in [0.1, 0.15) is 0 Å². The third kappa shape index (κ3) is 4.91. The molecule has 0 saturated heterocycles. The van der Waals surface area contributed by atoms with Crippen molar-refractivity contribution in [2.45, 2.75) is 0 Å². The molecule has 1 N–H and O–H groups in total. The number of anilines is 1. The summed E-state index contributed by atoms with van der Waals surface area (Å²) >= 11 is 0. The van der Waals surface area contributed by atoms with Gasteiger partial charge in [-0.3, -0.25) is 4.79 Å². The molecular formula is C21H20N2O5. The molecule has 3 rings (SSSR count). The third-order valence-electron chi connectivity index (χ3n) is 3.73. The van der Waals surface area contributed by atoms with Gasteiger partial charge in [-0.2, -0.15) is 0 Å². The van der Waals surface area contributed by atoms with Gasteiger partial charge in [-0.1, -0.05) is 24.3 Å². The molecule has 3 aromatic rings. The summed E-state index contributed by atoms with van der Waals surface area (Å²) < 4.78 is 21.6. The summed E-state index contributed by atoms with van der Waals surface area (Å²) in [6, 6.07) is 17.7. The average Bonchev–Trinajstić information content (AvgIpc) is 2.74. The van der Waals surface area contributed by atoms with Crippen LogP contribution in [0.3, 0.4) is 0 Å². The molecule has 0 aliphatic heterocycles. The maximum absolute atomic E-state index is 12.1. The van der Waals surface area contributed by atoms with Gasteiger partial charge in [-0.25, -0.2) is 4.98 Å². The van der Waals surface area contributed by atoms with Gasteiger partial charge in [0.25, 0.3) is 5.91 Å². The Labute approximate surface area is 162 Å². The van der Waals surface area contributed by atoms with E-state index >= 15 is 0 Å². The number of hydrogen-bond acceptors (Lipinski definition) is 6. The number of carbonyl (C=O) groups is 1. The molecule has 1 aromatic heterocycles. The molecule has 2 aromatic carbocycles. The zero-order valence-corrected chi connectivity index (χ0v) is 15.5. The van der Waals surface area contributed by atoms with Crippen LogP contribution in [0.25, 0.3) is 0 Å². The van der Waals surface area contributed by atoms with Gasteiger partial charge in [0.05, 0.1) is 26.1 Å². The van der Waals surface area contributed by atoms with Crippen LogP contribution in [-0.4, -0.2) is 31.7 Å². The van der Waals surface area contributed by atoms with Crippen molar-refractivity contribution >= 4 is 11.6 Å². The zero-order chi connectivity index (χ0) is 19.8. The first-order valence-electron chi connectivity index (χ1n) is 8.52. The lowest BCUT2D eigenvalue weighted by atomic mass is 10.3. The second kappa shape index (κ2) is 9.27. The summed E-state index contributed by atoms with van der Waals surface area (Å²) in [5, 5.41) is 2.72. The number of para-hydroxylation sites is 4. The van der Waals surface area contributed by atoms with Crippen molar-refractivity contribution in [3.8, 4) is 28.9 Å². The highest BCUT2D eigenvalue weighted by molar-refractivity contribution is 5.91. The van der Waals surface area contributed by atoms with Crippen LogP contribution in [0, 0.1) is 0 Å². The Bertz CT molecular complexity index is 928. The normalized spacial score (nSPS) is 10.1. The fraction of sp³-hybridized carbons (Fsp3) is 0.143. The van der Waals surface area contributed by atoms with E-state index in [9.17, 15) is 4.79 Å². The van der Waals surface area contributed by atoms with Gasteiger partial charge < -0.3 is 24.3 Å². The molecule has 0 fully saturated rings. The minimum Gasteiger partial charge on any atom is -0.493 e. The Hall–Kier alpha value is -3.74. The number of methoxy groups -OCH3 is 2. The van der Waals surface area contributed by atoms with Gasteiger partial charge in [-0.15, -0.1) is 0 Å². The van der Waals surface area contributed by atoms with E-state index < -0.39 is 0 Å². The van der Waals surface area contributed by atoms with Gasteiger partial charge in [0.15, 0.2) is 29.6 Å². The summed E-state index contributed by atoms with van der Waals surface area (Å²) in [6.45, 7) is -0.153. The molecule has 0 saturated carbocycles. The highest BCUT2D eigenvalue weighted by Gasteiger charge is 2.09. The zero-order valence-electron chi connectivity index (χ0n) is 15.5. The van der Waals surface area contributed by atoms with Crippen LogP contribution < -0.4 is 24.3 Å². The molecule has 0 aliphatic rings. The SMILES string of the molecule is COc1ccccc1OCC(=O)Nc1ccc(Oc2ccccc2OC)nc1. The number of aromatic nitrogens is 1. The largest absolute Gasteiger partial charge is 0.493 e. The van der Waals surface area contributed by atoms with Crippen molar-refractivity contribution < 1.29 is 23.7 Å². The molecular weight excluding hydrogens is 360 g/mol. The smallest absolute Gasteiger partial charge is 0.262 e. The predicted octanol–water partition coefficient (Wildman–Crippen LogP) is 3.91. The Morgan fingerprint density at radius 1 is 0.857 bits per heavy atom. The minimum atomic E-state index is -0.314. The first kappa shape index (κ1) is 19.0. The number of pyridine rings is 1. The molecule has 0 atom stereocenters. The van der Waals surface area contributed by atoms with Crippen molar-refractivity contribution in [3.63, 3.8) is 0 Å². The molecule has 1 heterocycles. The molecule has 0 radical (unpaired) electrons. The second-order valence-electron chi connectivity index (χ2n) is 5.63. The van der Waals surface area contributed by atoms with Crippen molar-refractivity contribution in [2.24, 2.45) is 0 Å². The predicted molar refractivity (Wildman–Crippen MR) is 104 cm³/mol. The quantitative estimate of drug-likeness (QED) is 0.638. The summed E-state index contributed by atoms with van der Waals surface area (Å²) in [5.41, 5.74) is 0.529. The Kier molecular flexibility index (Phi) is 6.30. The van der Waals surface area contributed by atoms with Crippen LogP contribution in [0.2, 0.25) is 0 Å². The maximum atomic E-state index is 12.1. The fourth-order valence-corrected chi connectivity index (χ4v) is 2.41. The van der Waals surface area contributed by atoms with E-state index in [0.717, 1.165) is 0 Å². The molecule has 0 bridgehead atoms. The summed E-state index contributed by atoms with van der Waals surface area (Å²) in [5.74, 6) is 2.29. The maximum Gasteiger partial charge on any atom is 0.262 e. The number of rotatable bonds is 8. The number of hydrogen-bond donors (Lipinski definition) is 1. The molecule has 0 spiro atoms. The van der Waals surface area contributed by atoms with Crippen LogP contribution in [0.4, 0.5) is 5.69 Å². The highest BCUT2D eigenvalue weighted by Crippen LogP contribution is 2.30. The third-order valence-corrected chi connectivity index (χ3v) is 3.73. The lowest BCUT2D eigenvalue weighted by Gasteiger charge is -2.11. The number of benzene rings is 2. The number of nitrogens with zero attached hydrogens (tertiary/aromatic N) is 1. The number of nitrogens with one attached hydrogen (secondary N) is 1. The summed E-state index contributed by atoms with van der Waals surface area (Å²) in [4.78, 5) is 16.3. The van der Waals surface area contributed by atoms with E-state index in [4.69, 9.17) is 18.9 Å². The molecule has 28 heavy (non-hydrogen) atoms. The van der Waals surface area contributed by atoms with Crippen molar-refractivity contribution in [3.05, 3.63) is 66.9 Å². The Morgan fingerprint density at radius 2 is 1.46 bits per heavy atom. The van der Waals surface area contributed by atoms with Crippen molar-refractivity contribution in [1.29, 1.82) is 0 Å². The summed E-state index contributed by atoms with van der Waals surface area (Å²) in [7, 11) is 3.12. The molecule has 0 aliphatic carbocycles. The lowest BCUT2D eigenvalue weighted by molar-refractivity contribution is -0.118. The first-order chi connectivity index (χ1) is 13.7. The lowest BCUT2D eigenvalue weighted by Crippen LogP contribution is -2.20. The molecule has 144 valence electrons. The minimum absolute atomic E-state index is 0.153. The molecule has 1 amide bonds. The number of ether oxygens (including phenoxy) is 4. The van der Waals surface area contributed by atoms with E-state index in [1.165, 1.54) is 6.20 Å². The van der Waals surface area contributed by atoms with Crippen LogP contribution in [0.5, 0.6) is 28.9 Å². The topological polar surface area (TPSA) is 78.9 Å². The van der Waals surface area contributed by atoms with Crippen LogP contribution >= 0.6 is 0 Å². The Balaban J connectivity index is 1.56. The average molecular weight is 380 g/mol. The molecule has 0 unspecified atom stereocenters. The van der Waals surface area contributed by atoms with Gasteiger partial charge in [0, 0.05) is 6.07 Å². The van der Waals surface area contributed by atoms with E-state index in [1.54, 1.807) is 56.7 Å². The van der Waals surface area contributed by atoms with E-state index in [0.29, 0.717) is 34.6 Å². The van der Waals surface area contributed by atoms with Gasteiger partial charge in [0.2, 0.25) is 5.88 Å². The van der Waals surface area contributed by atoms with E-state index in [-0.39, 0.29) is 12.5 Å². The second-order valence-corrected chi connectivity index (χ2v) is 5.63. The molecule has 7 nitrogen and oxygen atoms in total. The summed E-state index contributed by atoms with van der Waals surface area (Å²) in [6.07, 6.45) is 1.51. The van der Waals surface area contributed by atoms with E-state index in [2.05, 4.69) is 10.3 Å². The first-order valence-corrected chi connectivity index (χ1v) is 8.52. The molecule has 7 heteroatoms. The van der Waals surface area contributed by atoms with Gasteiger partial charge in [0.1, 0.15) is 0 Å². The number of carbonyl (C=O) groups excluding carboxylic acids is 1. The standard InChI is InChI=1S/C21H20N2O5/c1-25-16-7-3-5-9-18(16)27-14-20(24)23-15-11-12-21(22-13-15)28-19-10-6-4-8-17(19)26-2/h3-13H,14H2,1-2H3,(H,23,24). The highest BCUT2D eigenvalue weighted by atomic mass is 16.5. The number of amides is 1. The van der Waals surface area contributed by atoms with Gasteiger partial charge in [-0.05, 0) is 30.3 Å². The van der Waals surface area contributed by atoms with Crippen LogP contribution in [0.15, 0.2) is 66.9 Å². The monoisotopic (exact) mass is 380 g/mol. The van der Waals surface area contributed by atoms with Crippen molar-refractivity contribution in [1.82, 2.24) is 4.98 Å². The van der Waals surface area contributed by atoms with Gasteiger partial charge >= 0.3 is 0 Å². The fourth-order valence-electron chi connectivity index (χ4n) is 2.41. The van der Waals surface area contributed by atoms with Crippen molar-refractivity contribution in [2.75, 3.05) is 26.1 Å². The Morgan fingerprint density at radius 3 is 2.07 bits per heavy atom. The van der Waals surface area contributed by atoms with E-state index in [1.807, 2.05) is 18.2 Å².